The number of hydrogen-bond donors (Lipinski definition) is 2. The standard InChI is InChI=1S/C11H24O3/c1-3-4-5-6-7-10(2)14-9-11(13)8-12/h10-13H,3-9H2,1-2H3. The molecule has 14 heavy (non-hydrogen) atoms. The fourth-order valence-corrected chi connectivity index (χ4v) is 1.27. The molecule has 0 aromatic rings. The van der Waals surface area contributed by atoms with Gasteiger partial charge in [-0.2, -0.15) is 0 Å². The summed E-state index contributed by atoms with van der Waals surface area (Å²) in [4.78, 5) is 0. The Morgan fingerprint density at radius 2 is 1.93 bits per heavy atom. The highest BCUT2D eigenvalue weighted by atomic mass is 16.5. The van der Waals surface area contributed by atoms with Crippen molar-refractivity contribution in [2.45, 2.75) is 58.2 Å². The minimum atomic E-state index is -0.729. The number of rotatable bonds is 9. The average molecular weight is 204 g/mol. The van der Waals surface area contributed by atoms with Crippen LogP contribution in [0.1, 0.15) is 46.0 Å². The van der Waals surface area contributed by atoms with Crippen molar-refractivity contribution < 1.29 is 14.9 Å². The van der Waals surface area contributed by atoms with Crippen molar-refractivity contribution in [3.63, 3.8) is 0 Å². The predicted molar refractivity (Wildman–Crippen MR) is 57.3 cm³/mol. The number of aliphatic hydroxyl groups is 2. The highest BCUT2D eigenvalue weighted by Crippen LogP contribution is 2.07. The summed E-state index contributed by atoms with van der Waals surface area (Å²) in [5, 5.41) is 17.6. The van der Waals surface area contributed by atoms with Gasteiger partial charge in [-0.1, -0.05) is 32.6 Å². The molecule has 0 radical (unpaired) electrons. The maximum absolute atomic E-state index is 9.04. The van der Waals surface area contributed by atoms with Gasteiger partial charge in [-0.15, -0.1) is 0 Å². The van der Waals surface area contributed by atoms with Crippen molar-refractivity contribution >= 4 is 0 Å². The molecule has 0 saturated carbocycles. The summed E-state index contributed by atoms with van der Waals surface area (Å²) in [6.07, 6.45) is 5.47. The van der Waals surface area contributed by atoms with E-state index >= 15 is 0 Å². The lowest BCUT2D eigenvalue weighted by molar-refractivity contribution is -0.0254. The van der Waals surface area contributed by atoms with Gasteiger partial charge in [0.25, 0.3) is 0 Å². The molecule has 0 aliphatic rings. The third-order valence-corrected chi connectivity index (χ3v) is 2.25. The van der Waals surface area contributed by atoms with Crippen LogP contribution in [0.25, 0.3) is 0 Å². The van der Waals surface area contributed by atoms with E-state index in [4.69, 9.17) is 14.9 Å². The molecule has 0 fully saturated rings. The van der Waals surface area contributed by atoms with Crippen molar-refractivity contribution in [1.29, 1.82) is 0 Å². The van der Waals surface area contributed by atoms with Gasteiger partial charge in [0.15, 0.2) is 0 Å². The molecule has 0 heterocycles. The van der Waals surface area contributed by atoms with Gasteiger partial charge in [0.1, 0.15) is 6.10 Å². The lowest BCUT2D eigenvalue weighted by Gasteiger charge is -2.14. The molecule has 3 heteroatoms. The number of aliphatic hydroxyl groups excluding tert-OH is 2. The van der Waals surface area contributed by atoms with Gasteiger partial charge in [0.2, 0.25) is 0 Å². The molecule has 86 valence electrons. The van der Waals surface area contributed by atoms with Crippen LogP contribution in [-0.4, -0.2) is 35.6 Å². The molecule has 2 atom stereocenters. The first-order valence-corrected chi connectivity index (χ1v) is 5.61. The Balaban J connectivity index is 3.23. The maximum Gasteiger partial charge on any atom is 0.100 e. The van der Waals surface area contributed by atoms with Crippen molar-refractivity contribution in [3.8, 4) is 0 Å². The van der Waals surface area contributed by atoms with E-state index < -0.39 is 6.10 Å². The van der Waals surface area contributed by atoms with Crippen molar-refractivity contribution in [1.82, 2.24) is 0 Å². The zero-order valence-electron chi connectivity index (χ0n) is 9.41. The van der Waals surface area contributed by atoms with E-state index in [0.717, 1.165) is 6.42 Å². The number of ether oxygens (including phenoxy) is 1. The second kappa shape index (κ2) is 9.44. The van der Waals surface area contributed by atoms with Crippen LogP contribution in [0, 0.1) is 0 Å². The highest BCUT2D eigenvalue weighted by molar-refractivity contribution is 4.55. The Bertz CT molecular complexity index is 117. The van der Waals surface area contributed by atoms with Crippen LogP contribution in [0.15, 0.2) is 0 Å². The maximum atomic E-state index is 9.04. The Morgan fingerprint density at radius 3 is 2.50 bits per heavy atom. The lowest BCUT2D eigenvalue weighted by Crippen LogP contribution is -2.22. The molecular weight excluding hydrogens is 180 g/mol. The fourth-order valence-electron chi connectivity index (χ4n) is 1.27. The van der Waals surface area contributed by atoms with E-state index in [2.05, 4.69) is 6.92 Å². The number of hydrogen-bond acceptors (Lipinski definition) is 3. The molecule has 0 amide bonds. The molecule has 0 spiro atoms. The van der Waals surface area contributed by atoms with E-state index in [1.807, 2.05) is 6.92 Å². The van der Waals surface area contributed by atoms with Crippen LogP contribution >= 0.6 is 0 Å². The first-order chi connectivity index (χ1) is 6.70. The van der Waals surface area contributed by atoms with E-state index in [-0.39, 0.29) is 19.3 Å². The third-order valence-electron chi connectivity index (χ3n) is 2.25. The van der Waals surface area contributed by atoms with Crippen LogP contribution in [0.4, 0.5) is 0 Å². The summed E-state index contributed by atoms with van der Waals surface area (Å²) in [6, 6.07) is 0. The van der Waals surface area contributed by atoms with Crippen LogP contribution in [0.5, 0.6) is 0 Å². The molecule has 0 rings (SSSR count). The molecule has 0 aromatic heterocycles. The van der Waals surface area contributed by atoms with E-state index in [1.165, 1.54) is 25.7 Å². The fraction of sp³-hybridized carbons (Fsp3) is 1.00. The Labute approximate surface area is 87.1 Å². The molecule has 0 aliphatic carbocycles. The second-order valence-corrected chi connectivity index (χ2v) is 3.83. The van der Waals surface area contributed by atoms with Crippen LogP contribution < -0.4 is 0 Å². The summed E-state index contributed by atoms with van der Waals surface area (Å²) in [7, 11) is 0. The second-order valence-electron chi connectivity index (χ2n) is 3.83. The molecule has 2 N–H and O–H groups in total. The molecule has 2 unspecified atom stereocenters. The van der Waals surface area contributed by atoms with Crippen LogP contribution in [-0.2, 0) is 4.74 Å². The minimum Gasteiger partial charge on any atom is -0.394 e. The van der Waals surface area contributed by atoms with E-state index in [0.29, 0.717) is 0 Å². The van der Waals surface area contributed by atoms with Crippen molar-refractivity contribution in [3.05, 3.63) is 0 Å². The van der Waals surface area contributed by atoms with Gasteiger partial charge in [-0.3, -0.25) is 0 Å². The lowest BCUT2D eigenvalue weighted by atomic mass is 10.1. The summed E-state index contributed by atoms with van der Waals surface area (Å²) in [6.45, 7) is 4.22. The molecule has 0 aromatic carbocycles. The first-order valence-electron chi connectivity index (χ1n) is 5.61. The third kappa shape index (κ3) is 8.48. The quantitative estimate of drug-likeness (QED) is 0.562. The highest BCUT2D eigenvalue weighted by Gasteiger charge is 2.06. The minimum absolute atomic E-state index is 0.188. The summed E-state index contributed by atoms with van der Waals surface area (Å²) in [5.74, 6) is 0. The normalized spacial score (nSPS) is 15.4. The molecule has 3 nitrogen and oxygen atoms in total. The summed E-state index contributed by atoms with van der Waals surface area (Å²) >= 11 is 0. The molecule has 0 aliphatic heterocycles. The molecule has 0 bridgehead atoms. The zero-order chi connectivity index (χ0) is 10.8. The van der Waals surface area contributed by atoms with Crippen LogP contribution in [0.3, 0.4) is 0 Å². The summed E-state index contributed by atoms with van der Waals surface area (Å²) in [5.41, 5.74) is 0. The Morgan fingerprint density at radius 1 is 1.21 bits per heavy atom. The van der Waals surface area contributed by atoms with Crippen molar-refractivity contribution in [2.24, 2.45) is 0 Å². The first kappa shape index (κ1) is 13.9. The average Bonchev–Trinajstić information content (AvgIpc) is 2.21. The van der Waals surface area contributed by atoms with Gasteiger partial charge in [0.05, 0.1) is 19.3 Å². The topological polar surface area (TPSA) is 49.7 Å². The number of unbranched alkanes of at least 4 members (excludes halogenated alkanes) is 3. The van der Waals surface area contributed by atoms with Gasteiger partial charge < -0.3 is 14.9 Å². The smallest absolute Gasteiger partial charge is 0.100 e. The molecule has 0 saturated heterocycles. The Kier molecular flexibility index (Phi) is 9.35. The van der Waals surface area contributed by atoms with Crippen LogP contribution in [0.2, 0.25) is 0 Å². The Hall–Kier alpha value is -0.120. The van der Waals surface area contributed by atoms with Crippen molar-refractivity contribution in [2.75, 3.05) is 13.2 Å². The van der Waals surface area contributed by atoms with Gasteiger partial charge in [0, 0.05) is 0 Å². The predicted octanol–water partition coefficient (Wildman–Crippen LogP) is 1.72. The van der Waals surface area contributed by atoms with Gasteiger partial charge >= 0.3 is 0 Å². The summed E-state index contributed by atoms with van der Waals surface area (Å²) < 4.78 is 5.36. The largest absolute Gasteiger partial charge is 0.394 e. The molecular formula is C11H24O3. The SMILES string of the molecule is CCCCCCC(C)OCC(O)CO. The van der Waals surface area contributed by atoms with Gasteiger partial charge in [-0.25, -0.2) is 0 Å². The van der Waals surface area contributed by atoms with E-state index in [1.54, 1.807) is 0 Å². The van der Waals surface area contributed by atoms with E-state index in [9.17, 15) is 0 Å². The van der Waals surface area contributed by atoms with Gasteiger partial charge in [-0.05, 0) is 13.3 Å². The monoisotopic (exact) mass is 204 g/mol. The zero-order valence-corrected chi connectivity index (χ0v) is 9.41.